The lowest BCUT2D eigenvalue weighted by Crippen LogP contribution is -2.48. The predicted octanol–water partition coefficient (Wildman–Crippen LogP) is 2.04. The van der Waals surface area contributed by atoms with Crippen molar-refractivity contribution in [1.82, 2.24) is 10.2 Å². The molecule has 0 spiro atoms. The first kappa shape index (κ1) is 11.7. The molecule has 2 aliphatic heterocycles. The molecule has 3 heteroatoms. The van der Waals surface area contributed by atoms with Gasteiger partial charge in [-0.2, -0.15) is 0 Å². The molecule has 0 radical (unpaired) electrons. The molecule has 1 amide bonds. The Hall–Kier alpha value is -1.35. The molecule has 2 heterocycles. The monoisotopic (exact) mass is 244 g/mol. The Morgan fingerprint density at radius 3 is 2.39 bits per heavy atom. The van der Waals surface area contributed by atoms with Gasteiger partial charge >= 0.3 is 0 Å². The fourth-order valence-corrected chi connectivity index (χ4v) is 3.29. The zero-order valence-corrected chi connectivity index (χ0v) is 10.8. The van der Waals surface area contributed by atoms with Gasteiger partial charge in [-0.3, -0.25) is 4.79 Å². The summed E-state index contributed by atoms with van der Waals surface area (Å²) in [6.07, 6.45) is 4.75. The van der Waals surface area contributed by atoms with Crippen molar-refractivity contribution in [3.05, 3.63) is 35.9 Å². The molecular weight excluding hydrogens is 224 g/mol. The quantitative estimate of drug-likeness (QED) is 0.863. The average Bonchev–Trinajstić information content (AvgIpc) is 2.77. The van der Waals surface area contributed by atoms with E-state index in [9.17, 15) is 4.79 Å². The second-order valence-electron chi connectivity index (χ2n) is 5.55. The Morgan fingerprint density at radius 1 is 1.17 bits per heavy atom. The van der Waals surface area contributed by atoms with E-state index in [1.165, 1.54) is 12.8 Å². The molecule has 2 atom stereocenters. The van der Waals surface area contributed by atoms with Crippen molar-refractivity contribution < 1.29 is 4.79 Å². The minimum Gasteiger partial charge on any atom is -0.339 e. The number of benzene rings is 1. The molecule has 3 rings (SSSR count). The van der Waals surface area contributed by atoms with Gasteiger partial charge in [-0.1, -0.05) is 18.2 Å². The minimum atomic E-state index is 0.155. The Balaban J connectivity index is 1.71. The number of carbonyl (C=O) groups excluding carboxylic acids is 1. The largest absolute Gasteiger partial charge is 0.339 e. The van der Waals surface area contributed by atoms with E-state index in [-0.39, 0.29) is 5.91 Å². The summed E-state index contributed by atoms with van der Waals surface area (Å²) in [5, 5.41) is 3.62. The van der Waals surface area contributed by atoms with Gasteiger partial charge < -0.3 is 10.2 Å². The molecular formula is C15H20N2O. The second-order valence-corrected chi connectivity index (χ2v) is 5.55. The lowest BCUT2D eigenvalue weighted by Gasteiger charge is -2.35. The van der Waals surface area contributed by atoms with Crippen molar-refractivity contribution in [3.8, 4) is 0 Å². The summed E-state index contributed by atoms with van der Waals surface area (Å²) in [6.45, 7) is 0. The molecule has 0 saturated carbocycles. The average molecular weight is 244 g/mol. The number of rotatable bonds is 2. The number of hydrogen-bond acceptors (Lipinski definition) is 2. The summed E-state index contributed by atoms with van der Waals surface area (Å²) in [5.74, 6) is 0.155. The van der Waals surface area contributed by atoms with Crippen LogP contribution in [0, 0.1) is 0 Å². The number of hydrogen-bond donors (Lipinski definition) is 1. The molecule has 1 N–H and O–H groups in total. The summed E-state index contributed by atoms with van der Waals surface area (Å²) in [7, 11) is 1.95. The van der Waals surface area contributed by atoms with Crippen molar-refractivity contribution in [2.45, 2.75) is 43.8 Å². The fourth-order valence-electron chi connectivity index (χ4n) is 3.29. The third-order valence-corrected chi connectivity index (χ3v) is 4.34. The molecule has 0 aromatic heterocycles. The van der Waals surface area contributed by atoms with E-state index >= 15 is 0 Å². The first-order valence-corrected chi connectivity index (χ1v) is 6.82. The van der Waals surface area contributed by atoms with Crippen LogP contribution in [0.4, 0.5) is 0 Å². The number of nitrogens with one attached hydrogen (secondary N) is 1. The van der Waals surface area contributed by atoms with E-state index in [0.29, 0.717) is 18.1 Å². The molecule has 2 bridgehead atoms. The number of amides is 1. The zero-order valence-electron chi connectivity index (χ0n) is 10.8. The first-order valence-electron chi connectivity index (χ1n) is 6.82. The lowest BCUT2D eigenvalue weighted by atomic mass is 9.98. The molecule has 3 nitrogen and oxygen atoms in total. The summed E-state index contributed by atoms with van der Waals surface area (Å²) < 4.78 is 0. The van der Waals surface area contributed by atoms with E-state index in [1.54, 1.807) is 0 Å². The molecule has 2 unspecified atom stereocenters. The van der Waals surface area contributed by atoms with Gasteiger partial charge in [0, 0.05) is 30.7 Å². The minimum absolute atomic E-state index is 0.155. The molecule has 2 fully saturated rings. The third kappa shape index (κ3) is 2.15. The van der Waals surface area contributed by atoms with Crippen LogP contribution in [-0.2, 0) is 0 Å². The topological polar surface area (TPSA) is 32.3 Å². The Bertz CT molecular complexity index is 419. The number of piperidine rings is 1. The van der Waals surface area contributed by atoms with E-state index < -0.39 is 0 Å². The van der Waals surface area contributed by atoms with E-state index in [0.717, 1.165) is 18.4 Å². The van der Waals surface area contributed by atoms with E-state index in [2.05, 4.69) is 5.32 Å². The van der Waals surface area contributed by atoms with Gasteiger partial charge in [0.15, 0.2) is 0 Å². The fraction of sp³-hybridized carbons (Fsp3) is 0.533. The van der Waals surface area contributed by atoms with Crippen LogP contribution >= 0.6 is 0 Å². The van der Waals surface area contributed by atoms with Crippen LogP contribution in [0.3, 0.4) is 0 Å². The van der Waals surface area contributed by atoms with Crippen LogP contribution in [-0.4, -0.2) is 36.0 Å². The normalized spacial score (nSPS) is 30.2. The highest BCUT2D eigenvalue weighted by molar-refractivity contribution is 5.94. The molecule has 0 aliphatic carbocycles. The maximum atomic E-state index is 12.4. The highest BCUT2D eigenvalue weighted by atomic mass is 16.2. The highest BCUT2D eigenvalue weighted by Crippen LogP contribution is 2.29. The smallest absolute Gasteiger partial charge is 0.253 e. The molecule has 2 aliphatic rings. The van der Waals surface area contributed by atoms with Crippen molar-refractivity contribution in [2.24, 2.45) is 0 Å². The van der Waals surface area contributed by atoms with E-state index in [1.807, 2.05) is 42.3 Å². The van der Waals surface area contributed by atoms with Crippen LogP contribution in [0.5, 0.6) is 0 Å². The van der Waals surface area contributed by atoms with Crippen molar-refractivity contribution >= 4 is 5.91 Å². The standard InChI is InChI=1S/C15H20N2O/c1-17(15(18)11-5-3-2-4-6-11)14-9-12-7-8-13(10-14)16-12/h2-6,12-14,16H,7-10H2,1H3. The molecule has 2 saturated heterocycles. The van der Waals surface area contributed by atoms with Gasteiger partial charge in [0.1, 0.15) is 0 Å². The maximum absolute atomic E-state index is 12.4. The molecule has 96 valence electrons. The van der Waals surface area contributed by atoms with Gasteiger partial charge in [-0.05, 0) is 37.8 Å². The molecule has 1 aromatic carbocycles. The number of fused-ring (bicyclic) bond motifs is 2. The van der Waals surface area contributed by atoms with Crippen LogP contribution in [0.2, 0.25) is 0 Å². The van der Waals surface area contributed by atoms with Crippen molar-refractivity contribution in [2.75, 3.05) is 7.05 Å². The number of carbonyl (C=O) groups is 1. The highest BCUT2D eigenvalue weighted by Gasteiger charge is 2.36. The van der Waals surface area contributed by atoms with Crippen LogP contribution in [0.25, 0.3) is 0 Å². The molecule has 18 heavy (non-hydrogen) atoms. The Kier molecular flexibility index (Phi) is 3.08. The second kappa shape index (κ2) is 4.73. The van der Waals surface area contributed by atoms with Crippen molar-refractivity contribution in [1.29, 1.82) is 0 Å². The maximum Gasteiger partial charge on any atom is 0.253 e. The van der Waals surface area contributed by atoms with Gasteiger partial charge in [0.2, 0.25) is 0 Å². The van der Waals surface area contributed by atoms with Crippen LogP contribution in [0.1, 0.15) is 36.0 Å². The van der Waals surface area contributed by atoms with Gasteiger partial charge in [-0.25, -0.2) is 0 Å². The predicted molar refractivity (Wildman–Crippen MR) is 71.5 cm³/mol. The molecule has 1 aromatic rings. The van der Waals surface area contributed by atoms with Crippen LogP contribution < -0.4 is 5.32 Å². The van der Waals surface area contributed by atoms with Gasteiger partial charge in [0.05, 0.1) is 0 Å². The number of nitrogens with zero attached hydrogens (tertiary/aromatic N) is 1. The van der Waals surface area contributed by atoms with Crippen LogP contribution in [0.15, 0.2) is 30.3 Å². The summed E-state index contributed by atoms with van der Waals surface area (Å²) in [5.41, 5.74) is 0.797. The summed E-state index contributed by atoms with van der Waals surface area (Å²) in [4.78, 5) is 14.3. The summed E-state index contributed by atoms with van der Waals surface area (Å²) in [6, 6.07) is 11.2. The Morgan fingerprint density at radius 2 is 1.78 bits per heavy atom. The van der Waals surface area contributed by atoms with E-state index in [4.69, 9.17) is 0 Å². The lowest BCUT2D eigenvalue weighted by molar-refractivity contribution is 0.0681. The zero-order chi connectivity index (χ0) is 12.5. The van der Waals surface area contributed by atoms with Crippen molar-refractivity contribution in [3.63, 3.8) is 0 Å². The third-order valence-electron chi connectivity index (χ3n) is 4.34. The SMILES string of the molecule is CN(C(=O)c1ccccc1)C1CC2CCC(C1)N2. The van der Waals surface area contributed by atoms with Gasteiger partial charge in [-0.15, -0.1) is 0 Å². The first-order chi connectivity index (χ1) is 8.74. The summed E-state index contributed by atoms with van der Waals surface area (Å²) >= 11 is 0. The Labute approximate surface area is 108 Å². The van der Waals surface area contributed by atoms with Gasteiger partial charge in [0.25, 0.3) is 5.91 Å².